The molecule has 0 amide bonds. The summed E-state index contributed by atoms with van der Waals surface area (Å²) in [7, 11) is -3.40. The van der Waals surface area contributed by atoms with Gasteiger partial charge in [-0.1, -0.05) is 26.0 Å². The predicted molar refractivity (Wildman–Crippen MR) is 73.9 cm³/mol. The molecule has 0 aromatic heterocycles. The molecule has 102 valence electrons. The van der Waals surface area contributed by atoms with Crippen LogP contribution in [-0.4, -0.2) is 20.5 Å². The molecule has 0 radical (unpaired) electrons. The fourth-order valence-electron chi connectivity index (χ4n) is 1.52. The molecule has 0 atom stereocenters. The van der Waals surface area contributed by atoms with Gasteiger partial charge < -0.3 is 5.32 Å². The van der Waals surface area contributed by atoms with Crippen molar-refractivity contribution in [2.45, 2.75) is 51.2 Å². The van der Waals surface area contributed by atoms with Gasteiger partial charge in [0.25, 0.3) is 0 Å². The largest absolute Gasteiger partial charge is 0.310 e. The van der Waals surface area contributed by atoms with E-state index in [0.29, 0.717) is 17.5 Å². The summed E-state index contributed by atoms with van der Waals surface area (Å²) in [5.41, 5.74) is 0.968. The molecule has 0 saturated carbocycles. The third-order valence-electron chi connectivity index (χ3n) is 2.31. The van der Waals surface area contributed by atoms with Crippen molar-refractivity contribution in [2.75, 3.05) is 0 Å². The van der Waals surface area contributed by atoms with Gasteiger partial charge in [-0.2, -0.15) is 0 Å². The molecule has 5 heteroatoms. The van der Waals surface area contributed by atoms with E-state index in [2.05, 4.69) is 23.9 Å². The van der Waals surface area contributed by atoms with E-state index in [1.165, 1.54) is 0 Å². The first-order valence-electron chi connectivity index (χ1n) is 6.16. The summed E-state index contributed by atoms with van der Waals surface area (Å²) in [6.07, 6.45) is 0. The molecule has 4 nitrogen and oxygen atoms in total. The van der Waals surface area contributed by atoms with Crippen molar-refractivity contribution in [3.63, 3.8) is 0 Å². The monoisotopic (exact) mass is 270 g/mol. The Kier molecular flexibility index (Phi) is 5.31. The second-order valence-corrected chi connectivity index (χ2v) is 6.67. The van der Waals surface area contributed by atoms with Crippen molar-refractivity contribution in [3.05, 3.63) is 29.8 Å². The fourth-order valence-corrected chi connectivity index (χ4v) is 2.84. The van der Waals surface area contributed by atoms with Gasteiger partial charge in [0.05, 0.1) is 4.90 Å². The van der Waals surface area contributed by atoms with E-state index in [4.69, 9.17) is 0 Å². The molecule has 0 unspecified atom stereocenters. The number of hydrogen-bond acceptors (Lipinski definition) is 3. The maximum Gasteiger partial charge on any atom is 0.240 e. The van der Waals surface area contributed by atoms with Crippen LogP contribution in [0.2, 0.25) is 0 Å². The van der Waals surface area contributed by atoms with Crippen LogP contribution in [0.25, 0.3) is 0 Å². The Morgan fingerprint density at radius 2 is 1.78 bits per heavy atom. The lowest BCUT2D eigenvalue weighted by atomic mass is 10.2. The molecule has 0 saturated heterocycles. The summed E-state index contributed by atoms with van der Waals surface area (Å²) in [5.74, 6) is 0. The normalized spacial score (nSPS) is 12.3. The Hall–Kier alpha value is -0.910. The van der Waals surface area contributed by atoms with Gasteiger partial charge in [0.15, 0.2) is 0 Å². The highest BCUT2D eigenvalue weighted by Gasteiger charge is 2.15. The lowest BCUT2D eigenvalue weighted by molar-refractivity contribution is 0.568. The minimum Gasteiger partial charge on any atom is -0.310 e. The van der Waals surface area contributed by atoms with Crippen LogP contribution in [0.15, 0.2) is 29.2 Å². The van der Waals surface area contributed by atoms with E-state index in [-0.39, 0.29) is 6.04 Å². The summed E-state index contributed by atoms with van der Waals surface area (Å²) in [6.45, 7) is 8.40. The first-order valence-corrected chi connectivity index (χ1v) is 7.64. The zero-order valence-corrected chi connectivity index (χ0v) is 12.2. The topological polar surface area (TPSA) is 58.2 Å². The molecule has 2 N–H and O–H groups in total. The second kappa shape index (κ2) is 6.31. The average Bonchev–Trinajstić information content (AvgIpc) is 2.25. The van der Waals surface area contributed by atoms with Crippen LogP contribution in [0.3, 0.4) is 0 Å². The smallest absolute Gasteiger partial charge is 0.240 e. The highest BCUT2D eigenvalue weighted by molar-refractivity contribution is 7.89. The zero-order valence-electron chi connectivity index (χ0n) is 11.4. The van der Waals surface area contributed by atoms with Crippen LogP contribution >= 0.6 is 0 Å². The quantitative estimate of drug-likeness (QED) is 0.829. The summed E-state index contributed by atoms with van der Waals surface area (Å²) in [5, 5.41) is 3.27. The van der Waals surface area contributed by atoms with E-state index in [0.717, 1.165) is 5.56 Å². The minimum atomic E-state index is -3.40. The summed E-state index contributed by atoms with van der Waals surface area (Å²) in [4.78, 5) is 0.319. The summed E-state index contributed by atoms with van der Waals surface area (Å²) in [6, 6.07) is 7.28. The SMILES string of the molecule is CC(C)NCc1cccc(S(=O)(=O)NC(C)C)c1. The van der Waals surface area contributed by atoms with Crippen LogP contribution in [-0.2, 0) is 16.6 Å². The van der Waals surface area contributed by atoms with E-state index in [1.807, 2.05) is 19.9 Å². The molecule has 1 aromatic carbocycles. The van der Waals surface area contributed by atoms with E-state index >= 15 is 0 Å². The predicted octanol–water partition coefficient (Wildman–Crippen LogP) is 1.87. The number of hydrogen-bond donors (Lipinski definition) is 2. The Labute approximate surface area is 110 Å². The van der Waals surface area contributed by atoms with Crippen molar-refractivity contribution in [3.8, 4) is 0 Å². The molecule has 18 heavy (non-hydrogen) atoms. The molecule has 0 aliphatic heterocycles. The zero-order chi connectivity index (χ0) is 13.8. The third kappa shape index (κ3) is 4.76. The minimum absolute atomic E-state index is 0.104. The highest BCUT2D eigenvalue weighted by atomic mass is 32.2. The first-order chi connectivity index (χ1) is 8.31. The van der Waals surface area contributed by atoms with E-state index < -0.39 is 10.0 Å². The number of nitrogens with one attached hydrogen (secondary N) is 2. The molecule has 0 aliphatic carbocycles. The Morgan fingerprint density at radius 3 is 2.33 bits per heavy atom. The van der Waals surface area contributed by atoms with Crippen molar-refractivity contribution in [1.29, 1.82) is 0 Å². The van der Waals surface area contributed by atoms with E-state index in [1.54, 1.807) is 18.2 Å². The Balaban J connectivity index is 2.88. The van der Waals surface area contributed by atoms with Crippen LogP contribution in [0.5, 0.6) is 0 Å². The van der Waals surface area contributed by atoms with Gasteiger partial charge in [0, 0.05) is 18.6 Å². The van der Waals surface area contributed by atoms with Gasteiger partial charge in [-0.05, 0) is 31.5 Å². The van der Waals surface area contributed by atoms with Crippen molar-refractivity contribution >= 4 is 10.0 Å². The summed E-state index contributed by atoms with van der Waals surface area (Å²) >= 11 is 0. The fraction of sp³-hybridized carbons (Fsp3) is 0.538. The molecular formula is C13H22N2O2S. The van der Waals surface area contributed by atoms with Crippen LogP contribution in [0.4, 0.5) is 0 Å². The van der Waals surface area contributed by atoms with Gasteiger partial charge >= 0.3 is 0 Å². The highest BCUT2D eigenvalue weighted by Crippen LogP contribution is 2.12. The third-order valence-corrected chi connectivity index (χ3v) is 3.97. The molecule has 1 aromatic rings. The molecule has 0 fully saturated rings. The molecular weight excluding hydrogens is 248 g/mol. The number of rotatable bonds is 6. The number of benzene rings is 1. The first kappa shape index (κ1) is 15.1. The van der Waals surface area contributed by atoms with Crippen LogP contribution in [0, 0.1) is 0 Å². The molecule has 0 aliphatic rings. The molecule has 0 bridgehead atoms. The molecule has 0 spiro atoms. The molecule has 1 rings (SSSR count). The Morgan fingerprint density at radius 1 is 1.11 bits per heavy atom. The van der Waals surface area contributed by atoms with Gasteiger partial charge in [-0.15, -0.1) is 0 Å². The van der Waals surface area contributed by atoms with Crippen LogP contribution < -0.4 is 10.0 Å². The van der Waals surface area contributed by atoms with Gasteiger partial charge in [0.2, 0.25) is 10.0 Å². The van der Waals surface area contributed by atoms with Crippen molar-refractivity contribution in [2.24, 2.45) is 0 Å². The van der Waals surface area contributed by atoms with Gasteiger partial charge in [-0.3, -0.25) is 0 Å². The Bertz CT molecular complexity index is 482. The van der Waals surface area contributed by atoms with Crippen molar-refractivity contribution < 1.29 is 8.42 Å². The lowest BCUT2D eigenvalue weighted by Gasteiger charge is -2.12. The second-order valence-electron chi connectivity index (χ2n) is 4.96. The average molecular weight is 270 g/mol. The van der Waals surface area contributed by atoms with Crippen LogP contribution in [0.1, 0.15) is 33.3 Å². The van der Waals surface area contributed by atoms with Crippen molar-refractivity contribution in [1.82, 2.24) is 10.0 Å². The standard InChI is InChI=1S/C13H22N2O2S/c1-10(2)14-9-12-6-5-7-13(8-12)18(16,17)15-11(3)4/h5-8,10-11,14-15H,9H2,1-4H3. The maximum atomic E-state index is 12.0. The molecule has 0 heterocycles. The lowest BCUT2D eigenvalue weighted by Crippen LogP contribution is -2.30. The number of sulfonamides is 1. The maximum absolute atomic E-state index is 12.0. The van der Waals surface area contributed by atoms with Gasteiger partial charge in [0.1, 0.15) is 0 Å². The van der Waals surface area contributed by atoms with Gasteiger partial charge in [-0.25, -0.2) is 13.1 Å². The van der Waals surface area contributed by atoms with E-state index in [9.17, 15) is 8.42 Å². The summed E-state index contributed by atoms with van der Waals surface area (Å²) < 4.78 is 26.6.